The number of hydrogen-bond acceptors (Lipinski definition) is 6. The van der Waals surface area contributed by atoms with E-state index in [-0.39, 0.29) is 5.91 Å². The fourth-order valence-corrected chi connectivity index (χ4v) is 3.19. The number of aromatic nitrogens is 2. The van der Waals surface area contributed by atoms with Gasteiger partial charge in [0.1, 0.15) is 5.76 Å². The molecule has 0 saturated carbocycles. The molecule has 1 N–H and O–H groups in total. The molecule has 0 unspecified atom stereocenters. The lowest BCUT2D eigenvalue weighted by molar-refractivity contribution is -0.117. The zero-order chi connectivity index (χ0) is 16.3. The molecule has 0 aromatic carbocycles. The third kappa shape index (κ3) is 3.92. The summed E-state index contributed by atoms with van der Waals surface area (Å²) in [7, 11) is 1.90. The van der Waals surface area contributed by atoms with E-state index in [1.807, 2.05) is 32.7 Å². The zero-order valence-electron chi connectivity index (χ0n) is 13.7. The van der Waals surface area contributed by atoms with E-state index < -0.39 is 0 Å². The van der Waals surface area contributed by atoms with Crippen molar-refractivity contribution in [3.8, 4) is 0 Å². The van der Waals surface area contributed by atoms with E-state index in [1.165, 1.54) is 11.3 Å². The maximum atomic E-state index is 12.1. The number of aryl methyl sites for hydroxylation is 4. The fourth-order valence-electron chi connectivity index (χ4n) is 2.27. The van der Waals surface area contributed by atoms with Crippen molar-refractivity contribution in [2.75, 3.05) is 18.9 Å². The summed E-state index contributed by atoms with van der Waals surface area (Å²) in [6.45, 7) is 8.80. The molecule has 2 rings (SSSR count). The van der Waals surface area contributed by atoms with Gasteiger partial charge < -0.3 is 9.84 Å². The van der Waals surface area contributed by atoms with Crippen LogP contribution in [0.1, 0.15) is 34.5 Å². The number of anilines is 1. The molecule has 0 bridgehead atoms. The van der Waals surface area contributed by atoms with Crippen LogP contribution in [0.5, 0.6) is 0 Å². The maximum Gasteiger partial charge on any atom is 0.240 e. The van der Waals surface area contributed by atoms with Crippen LogP contribution in [0.4, 0.5) is 5.13 Å². The Morgan fingerprint density at radius 3 is 2.64 bits per heavy atom. The second-order valence-electron chi connectivity index (χ2n) is 5.40. The fraction of sp³-hybridized carbons (Fsp3) is 0.533. The molecule has 2 aromatic heterocycles. The Morgan fingerprint density at radius 1 is 1.36 bits per heavy atom. The van der Waals surface area contributed by atoms with E-state index in [0.717, 1.165) is 34.0 Å². The third-order valence-corrected chi connectivity index (χ3v) is 4.43. The predicted octanol–water partition coefficient (Wildman–Crippen LogP) is 2.69. The Morgan fingerprint density at radius 2 is 2.09 bits per heavy atom. The smallest absolute Gasteiger partial charge is 0.240 e. The topological polar surface area (TPSA) is 71.3 Å². The highest BCUT2D eigenvalue weighted by Gasteiger charge is 2.15. The Labute approximate surface area is 134 Å². The highest BCUT2D eigenvalue weighted by molar-refractivity contribution is 7.15. The second-order valence-corrected chi connectivity index (χ2v) is 6.60. The van der Waals surface area contributed by atoms with E-state index in [2.05, 4.69) is 22.4 Å². The summed E-state index contributed by atoms with van der Waals surface area (Å²) in [6, 6.07) is 0. The monoisotopic (exact) mass is 322 g/mol. The van der Waals surface area contributed by atoms with Crippen LogP contribution in [0.25, 0.3) is 0 Å². The van der Waals surface area contributed by atoms with Crippen molar-refractivity contribution in [3.63, 3.8) is 0 Å². The van der Waals surface area contributed by atoms with Gasteiger partial charge in [0.25, 0.3) is 0 Å². The Kier molecular flexibility index (Phi) is 5.31. The second kappa shape index (κ2) is 7.02. The van der Waals surface area contributed by atoms with Crippen molar-refractivity contribution < 1.29 is 9.32 Å². The van der Waals surface area contributed by atoms with Gasteiger partial charge in [-0.15, -0.1) is 11.3 Å². The molecule has 6 nitrogen and oxygen atoms in total. The van der Waals surface area contributed by atoms with E-state index in [4.69, 9.17) is 4.52 Å². The molecule has 0 aliphatic rings. The van der Waals surface area contributed by atoms with Gasteiger partial charge in [-0.2, -0.15) is 0 Å². The highest BCUT2D eigenvalue weighted by atomic mass is 32.1. The minimum Gasteiger partial charge on any atom is -0.361 e. The summed E-state index contributed by atoms with van der Waals surface area (Å²) < 4.78 is 5.14. The van der Waals surface area contributed by atoms with Crippen LogP contribution in [-0.4, -0.2) is 34.5 Å². The van der Waals surface area contributed by atoms with Crippen LogP contribution in [0.15, 0.2) is 4.52 Å². The first-order valence-corrected chi connectivity index (χ1v) is 8.08. The van der Waals surface area contributed by atoms with Gasteiger partial charge in [0.2, 0.25) is 5.91 Å². The normalized spacial score (nSPS) is 11.2. The summed E-state index contributed by atoms with van der Waals surface area (Å²) in [5.41, 5.74) is 2.95. The SMILES string of the molecule is CCc1nc(NC(=O)CN(C)Cc2c(C)noc2C)sc1C. The summed E-state index contributed by atoms with van der Waals surface area (Å²) in [4.78, 5) is 19.6. The molecular formula is C15H22N4O2S. The molecule has 120 valence electrons. The summed E-state index contributed by atoms with van der Waals surface area (Å²) in [5.74, 6) is 0.735. The molecule has 0 radical (unpaired) electrons. The number of nitrogens with one attached hydrogen (secondary N) is 1. The molecule has 2 aromatic rings. The zero-order valence-corrected chi connectivity index (χ0v) is 14.5. The molecule has 0 aliphatic heterocycles. The Hall–Kier alpha value is -1.73. The van der Waals surface area contributed by atoms with E-state index >= 15 is 0 Å². The van der Waals surface area contributed by atoms with Gasteiger partial charge in [0.05, 0.1) is 17.9 Å². The van der Waals surface area contributed by atoms with Gasteiger partial charge in [0, 0.05) is 17.0 Å². The minimum absolute atomic E-state index is 0.0642. The van der Waals surface area contributed by atoms with Crippen LogP contribution in [0, 0.1) is 20.8 Å². The number of hydrogen-bond donors (Lipinski definition) is 1. The van der Waals surface area contributed by atoms with Crippen molar-refractivity contribution in [2.24, 2.45) is 0 Å². The third-order valence-electron chi connectivity index (χ3n) is 3.50. The maximum absolute atomic E-state index is 12.1. The number of nitrogens with zero attached hydrogens (tertiary/aromatic N) is 3. The molecule has 0 fully saturated rings. The lowest BCUT2D eigenvalue weighted by Crippen LogP contribution is -2.30. The molecule has 0 spiro atoms. The van der Waals surface area contributed by atoms with Crippen molar-refractivity contribution >= 4 is 22.4 Å². The molecule has 2 heterocycles. The first-order valence-electron chi connectivity index (χ1n) is 7.27. The first kappa shape index (κ1) is 16.6. The Balaban J connectivity index is 1.91. The number of carbonyl (C=O) groups is 1. The van der Waals surface area contributed by atoms with Gasteiger partial charge in [-0.3, -0.25) is 9.69 Å². The minimum atomic E-state index is -0.0642. The van der Waals surface area contributed by atoms with Crippen LogP contribution in [-0.2, 0) is 17.8 Å². The number of carbonyl (C=O) groups excluding carboxylic acids is 1. The molecule has 22 heavy (non-hydrogen) atoms. The summed E-state index contributed by atoms with van der Waals surface area (Å²) >= 11 is 1.52. The average molecular weight is 322 g/mol. The summed E-state index contributed by atoms with van der Waals surface area (Å²) in [6.07, 6.45) is 0.879. The van der Waals surface area contributed by atoms with Crippen LogP contribution in [0.2, 0.25) is 0 Å². The van der Waals surface area contributed by atoms with Gasteiger partial charge in [0.15, 0.2) is 5.13 Å². The lowest BCUT2D eigenvalue weighted by Gasteiger charge is -2.15. The molecule has 1 amide bonds. The predicted molar refractivity (Wildman–Crippen MR) is 87.2 cm³/mol. The average Bonchev–Trinajstić information content (AvgIpc) is 2.95. The first-order chi connectivity index (χ1) is 10.4. The summed E-state index contributed by atoms with van der Waals surface area (Å²) in [5, 5.41) is 7.46. The lowest BCUT2D eigenvalue weighted by atomic mass is 10.2. The Bertz CT molecular complexity index is 643. The molecule has 0 saturated heterocycles. The number of thiazole rings is 1. The van der Waals surface area contributed by atoms with Gasteiger partial charge in [-0.1, -0.05) is 12.1 Å². The van der Waals surface area contributed by atoms with Crippen molar-refractivity contribution in [3.05, 3.63) is 27.6 Å². The highest BCUT2D eigenvalue weighted by Crippen LogP contribution is 2.22. The largest absolute Gasteiger partial charge is 0.361 e. The van der Waals surface area contributed by atoms with Crippen molar-refractivity contribution in [1.29, 1.82) is 0 Å². The number of rotatable bonds is 6. The van der Waals surface area contributed by atoms with Crippen molar-refractivity contribution in [2.45, 2.75) is 40.7 Å². The molecule has 0 atom stereocenters. The van der Waals surface area contributed by atoms with Gasteiger partial charge in [-0.05, 0) is 34.2 Å². The van der Waals surface area contributed by atoms with Gasteiger partial charge >= 0.3 is 0 Å². The van der Waals surface area contributed by atoms with E-state index in [0.29, 0.717) is 18.2 Å². The number of amides is 1. The van der Waals surface area contributed by atoms with Crippen molar-refractivity contribution in [1.82, 2.24) is 15.0 Å². The number of likely N-dealkylation sites (N-methyl/N-ethyl adjacent to an activating group) is 1. The molecular weight excluding hydrogens is 300 g/mol. The van der Waals surface area contributed by atoms with Gasteiger partial charge in [-0.25, -0.2) is 4.98 Å². The quantitative estimate of drug-likeness (QED) is 0.885. The van der Waals surface area contributed by atoms with Crippen LogP contribution >= 0.6 is 11.3 Å². The molecule has 0 aliphatic carbocycles. The van der Waals surface area contributed by atoms with Crippen LogP contribution < -0.4 is 5.32 Å². The standard InChI is InChI=1S/C15H22N4O2S/c1-6-13-11(4)22-15(16-13)17-14(20)8-19(5)7-12-9(2)18-21-10(12)3/h6-8H2,1-5H3,(H,16,17,20). The van der Waals surface area contributed by atoms with E-state index in [9.17, 15) is 4.79 Å². The molecule has 7 heteroatoms. The van der Waals surface area contributed by atoms with E-state index in [1.54, 1.807) is 0 Å². The van der Waals surface area contributed by atoms with Crippen LogP contribution in [0.3, 0.4) is 0 Å².